The van der Waals surface area contributed by atoms with Crippen LogP contribution in [0.1, 0.15) is 6.42 Å². The van der Waals surface area contributed by atoms with Crippen LogP contribution in [0, 0.1) is 11.3 Å². The van der Waals surface area contributed by atoms with Gasteiger partial charge in [0.1, 0.15) is 11.6 Å². The first-order valence-corrected chi connectivity index (χ1v) is 7.45. The highest BCUT2D eigenvalue weighted by Crippen LogP contribution is 2.06. The summed E-state index contributed by atoms with van der Waals surface area (Å²) in [5.74, 6) is -0.242. The SMILES string of the molecule is N#C/C(=C/NCCCNC=O)C(=O)N1CCN(CCN)CC1. The van der Waals surface area contributed by atoms with E-state index in [9.17, 15) is 9.59 Å². The van der Waals surface area contributed by atoms with Crippen molar-refractivity contribution in [2.45, 2.75) is 6.42 Å². The van der Waals surface area contributed by atoms with Gasteiger partial charge < -0.3 is 21.3 Å². The van der Waals surface area contributed by atoms with Crippen molar-refractivity contribution in [3.8, 4) is 6.07 Å². The smallest absolute Gasteiger partial charge is 0.266 e. The summed E-state index contributed by atoms with van der Waals surface area (Å²) in [5.41, 5.74) is 5.62. The molecular weight excluding hydrogens is 284 g/mol. The molecular formula is C14H24N6O2. The van der Waals surface area contributed by atoms with Crippen LogP contribution < -0.4 is 16.4 Å². The number of nitriles is 1. The third-order valence-corrected chi connectivity index (χ3v) is 3.43. The summed E-state index contributed by atoms with van der Waals surface area (Å²) >= 11 is 0. The number of piperazine rings is 1. The highest BCUT2D eigenvalue weighted by molar-refractivity contribution is 5.97. The molecule has 0 radical (unpaired) electrons. The molecule has 0 spiro atoms. The van der Waals surface area contributed by atoms with Crippen molar-refractivity contribution in [2.75, 3.05) is 52.4 Å². The van der Waals surface area contributed by atoms with E-state index >= 15 is 0 Å². The highest BCUT2D eigenvalue weighted by Gasteiger charge is 2.23. The zero-order valence-electron chi connectivity index (χ0n) is 12.8. The van der Waals surface area contributed by atoms with Crippen LogP contribution in [0.15, 0.2) is 11.8 Å². The van der Waals surface area contributed by atoms with E-state index in [1.807, 2.05) is 6.07 Å². The fourth-order valence-corrected chi connectivity index (χ4v) is 2.19. The van der Waals surface area contributed by atoms with Gasteiger partial charge in [-0.15, -0.1) is 0 Å². The molecule has 1 aliphatic rings. The lowest BCUT2D eigenvalue weighted by Gasteiger charge is -2.34. The van der Waals surface area contributed by atoms with E-state index in [2.05, 4.69) is 15.5 Å². The molecule has 1 saturated heterocycles. The number of nitrogens with two attached hydrogens (primary N) is 1. The molecule has 1 aliphatic heterocycles. The Balaban J connectivity index is 2.38. The molecule has 1 rings (SSSR count). The Morgan fingerprint density at radius 1 is 1.23 bits per heavy atom. The molecule has 0 aromatic heterocycles. The molecule has 0 saturated carbocycles. The molecule has 4 N–H and O–H groups in total. The summed E-state index contributed by atoms with van der Waals surface area (Å²) in [5, 5.41) is 14.6. The maximum Gasteiger partial charge on any atom is 0.266 e. The Morgan fingerprint density at radius 3 is 2.50 bits per heavy atom. The van der Waals surface area contributed by atoms with Crippen LogP contribution in [-0.2, 0) is 9.59 Å². The zero-order valence-corrected chi connectivity index (χ0v) is 12.8. The largest absolute Gasteiger partial charge is 0.390 e. The molecule has 1 heterocycles. The van der Waals surface area contributed by atoms with Gasteiger partial charge in [-0.05, 0) is 6.42 Å². The summed E-state index contributed by atoms with van der Waals surface area (Å²) in [6, 6.07) is 1.94. The van der Waals surface area contributed by atoms with E-state index < -0.39 is 0 Å². The first-order chi connectivity index (χ1) is 10.7. The lowest BCUT2D eigenvalue weighted by atomic mass is 10.2. The Kier molecular flexibility index (Phi) is 8.64. The van der Waals surface area contributed by atoms with Crippen LogP contribution in [-0.4, -0.2) is 74.5 Å². The Hall–Kier alpha value is -2.11. The number of hydrogen-bond acceptors (Lipinski definition) is 6. The van der Waals surface area contributed by atoms with E-state index in [-0.39, 0.29) is 11.5 Å². The third kappa shape index (κ3) is 6.11. The predicted octanol–water partition coefficient (Wildman–Crippen LogP) is -1.78. The van der Waals surface area contributed by atoms with Gasteiger partial charge in [-0.2, -0.15) is 5.26 Å². The Bertz CT molecular complexity index is 424. The molecule has 2 amide bonds. The fraction of sp³-hybridized carbons (Fsp3) is 0.643. The van der Waals surface area contributed by atoms with Gasteiger partial charge in [-0.3, -0.25) is 14.5 Å². The van der Waals surface area contributed by atoms with Gasteiger partial charge in [0.2, 0.25) is 6.41 Å². The second-order valence-electron chi connectivity index (χ2n) is 4.97. The summed E-state index contributed by atoms with van der Waals surface area (Å²) in [6.45, 7) is 5.38. The highest BCUT2D eigenvalue weighted by atomic mass is 16.2. The van der Waals surface area contributed by atoms with Crippen molar-refractivity contribution in [2.24, 2.45) is 5.73 Å². The van der Waals surface area contributed by atoms with Gasteiger partial charge in [0.05, 0.1) is 0 Å². The first kappa shape index (κ1) is 17.9. The number of nitrogens with one attached hydrogen (secondary N) is 2. The van der Waals surface area contributed by atoms with Crippen molar-refractivity contribution < 1.29 is 9.59 Å². The van der Waals surface area contributed by atoms with Crippen LogP contribution in [0.5, 0.6) is 0 Å². The number of amides is 2. The molecule has 8 nitrogen and oxygen atoms in total. The molecule has 0 unspecified atom stereocenters. The molecule has 1 fully saturated rings. The summed E-state index contributed by atoms with van der Waals surface area (Å²) in [6.07, 6.45) is 2.82. The van der Waals surface area contributed by atoms with Crippen LogP contribution in [0.2, 0.25) is 0 Å². The fourth-order valence-electron chi connectivity index (χ4n) is 2.19. The van der Waals surface area contributed by atoms with Gasteiger partial charge in [0.25, 0.3) is 5.91 Å². The van der Waals surface area contributed by atoms with Crippen molar-refractivity contribution in [1.29, 1.82) is 5.26 Å². The maximum absolute atomic E-state index is 12.3. The number of carbonyl (C=O) groups is 2. The van der Waals surface area contributed by atoms with E-state index in [0.29, 0.717) is 39.1 Å². The maximum atomic E-state index is 12.3. The van der Waals surface area contributed by atoms with Crippen molar-refractivity contribution in [3.05, 3.63) is 11.8 Å². The summed E-state index contributed by atoms with van der Waals surface area (Å²) in [7, 11) is 0. The van der Waals surface area contributed by atoms with Gasteiger partial charge in [0, 0.05) is 58.6 Å². The van der Waals surface area contributed by atoms with E-state index in [4.69, 9.17) is 11.0 Å². The van der Waals surface area contributed by atoms with Crippen LogP contribution in [0.25, 0.3) is 0 Å². The zero-order chi connectivity index (χ0) is 16.2. The van der Waals surface area contributed by atoms with Gasteiger partial charge >= 0.3 is 0 Å². The minimum absolute atomic E-state index is 0.107. The second kappa shape index (κ2) is 10.6. The Morgan fingerprint density at radius 2 is 1.91 bits per heavy atom. The van der Waals surface area contributed by atoms with Gasteiger partial charge in [0.15, 0.2) is 0 Å². The van der Waals surface area contributed by atoms with Crippen LogP contribution >= 0.6 is 0 Å². The molecule has 0 aromatic carbocycles. The van der Waals surface area contributed by atoms with Gasteiger partial charge in [-0.25, -0.2) is 0 Å². The molecule has 122 valence electrons. The third-order valence-electron chi connectivity index (χ3n) is 3.43. The van der Waals surface area contributed by atoms with Crippen molar-refractivity contribution in [3.63, 3.8) is 0 Å². The minimum Gasteiger partial charge on any atom is -0.390 e. The average Bonchev–Trinajstić information content (AvgIpc) is 2.55. The number of hydrogen-bond donors (Lipinski definition) is 3. The van der Waals surface area contributed by atoms with E-state index in [0.717, 1.165) is 26.1 Å². The molecule has 22 heavy (non-hydrogen) atoms. The first-order valence-electron chi connectivity index (χ1n) is 7.45. The van der Waals surface area contributed by atoms with Crippen LogP contribution in [0.3, 0.4) is 0 Å². The lowest BCUT2D eigenvalue weighted by Crippen LogP contribution is -2.50. The number of carbonyl (C=O) groups excluding carboxylic acids is 2. The topological polar surface area (TPSA) is 114 Å². The van der Waals surface area contributed by atoms with E-state index in [1.165, 1.54) is 6.20 Å². The summed E-state index contributed by atoms with van der Waals surface area (Å²) in [4.78, 5) is 26.2. The number of rotatable bonds is 9. The minimum atomic E-state index is -0.242. The second-order valence-corrected chi connectivity index (χ2v) is 4.97. The standard InChI is InChI=1S/C14H24N6O2/c15-2-5-19-6-8-20(9-7-19)14(22)13(10-16)11-17-3-1-4-18-12-21/h11-12,17H,1-9,15H2,(H,18,21)/b13-11-. The molecule has 0 aromatic rings. The number of nitrogens with zero attached hydrogens (tertiary/aromatic N) is 3. The lowest BCUT2D eigenvalue weighted by molar-refractivity contribution is -0.128. The Labute approximate surface area is 130 Å². The van der Waals surface area contributed by atoms with Crippen molar-refractivity contribution >= 4 is 12.3 Å². The van der Waals surface area contributed by atoms with Crippen molar-refractivity contribution in [1.82, 2.24) is 20.4 Å². The molecule has 8 heteroatoms. The molecule has 0 aliphatic carbocycles. The summed E-state index contributed by atoms with van der Waals surface area (Å²) < 4.78 is 0. The normalized spacial score (nSPS) is 16.0. The van der Waals surface area contributed by atoms with Gasteiger partial charge in [-0.1, -0.05) is 0 Å². The van der Waals surface area contributed by atoms with Crippen LogP contribution in [0.4, 0.5) is 0 Å². The quantitative estimate of drug-likeness (QED) is 0.201. The van der Waals surface area contributed by atoms with E-state index in [1.54, 1.807) is 4.90 Å². The predicted molar refractivity (Wildman–Crippen MR) is 82.5 cm³/mol. The molecule has 0 bridgehead atoms. The monoisotopic (exact) mass is 308 g/mol. The average molecular weight is 308 g/mol. The molecule has 0 atom stereocenters.